The molecule has 2 aromatic rings. The van der Waals surface area contributed by atoms with Gasteiger partial charge in [-0.2, -0.15) is 0 Å². The molecule has 4 rings (SSSR count). The van der Waals surface area contributed by atoms with E-state index in [1.54, 1.807) is 30.3 Å². The Hall–Kier alpha value is -2.71. The minimum Gasteiger partial charge on any atom is -0.349 e. The summed E-state index contributed by atoms with van der Waals surface area (Å²) in [6.07, 6.45) is 4.02. The average molecular weight is 413 g/mol. The van der Waals surface area contributed by atoms with Gasteiger partial charge in [0.15, 0.2) is 0 Å². The normalized spacial score (nSPS) is 16.3. The number of hydrogen-bond acceptors (Lipinski definition) is 4. The molecule has 152 valence electrons. The van der Waals surface area contributed by atoms with Crippen LogP contribution in [-0.4, -0.2) is 32.8 Å². The first kappa shape index (κ1) is 19.6. The molecule has 0 saturated heterocycles. The summed E-state index contributed by atoms with van der Waals surface area (Å²) in [7, 11) is -3.67. The Bertz CT molecular complexity index is 1040. The van der Waals surface area contributed by atoms with Gasteiger partial charge in [-0.1, -0.05) is 18.2 Å². The third-order valence-electron chi connectivity index (χ3n) is 5.00. The van der Waals surface area contributed by atoms with Gasteiger partial charge in [-0.3, -0.25) is 9.59 Å². The predicted molar refractivity (Wildman–Crippen MR) is 109 cm³/mol. The highest BCUT2D eigenvalue weighted by molar-refractivity contribution is 7.89. The summed E-state index contributed by atoms with van der Waals surface area (Å²) in [4.78, 5) is 25.2. The third-order valence-corrected chi connectivity index (χ3v) is 6.42. The van der Waals surface area contributed by atoms with Gasteiger partial charge in [0.1, 0.15) is 0 Å². The van der Waals surface area contributed by atoms with Crippen molar-refractivity contribution in [3.63, 3.8) is 0 Å². The number of anilines is 1. The quantitative estimate of drug-likeness (QED) is 0.618. The van der Waals surface area contributed by atoms with Crippen LogP contribution in [0, 0.1) is 5.92 Å². The maximum Gasteiger partial charge on any atom is 0.255 e. The second kappa shape index (κ2) is 7.96. The fourth-order valence-electron chi connectivity index (χ4n) is 2.91. The van der Waals surface area contributed by atoms with Gasteiger partial charge in [-0.25, -0.2) is 13.1 Å². The molecule has 0 atom stereocenters. The number of rotatable bonds is 8. The van der Waals surface area contributed by atoms with Crippen LogP contribution in [0.3, 0.4) is 0 Å². The van der Waals surface area contributed by atoms with Crippen LogP contribution >= 0.6 is 0 Å². The lowest BCUT2D eigenvalue weighted by Crippen LogP contribution is -2.27. The molecule has 3 N–H and O–H groups in total. The number of sulfonamides is 1. The minimum atomic E-state index is -3.67. The highest BCUT2D eigenvalue weighted by atomic mass is 32.2. The molecule has 2 aromatic carbocycles. The van der Waals surface area contributed by atoms with Gasteiger partial charge < -0.3 is 10.6 Å². The molecule has 0 spiro atoms. The van der Waals surface area contributed by atoms with Gasteiger partial charge in [0.25, 0.3) is 11.8 Å². The standard InChI is InChI=1S/C21H23N3O4S/c25-20(24-19-7-2-1-6-18(19)21(26)23-16-10-11-16)15-4-3-5-17(12-15)29(27,28)22-13-14-8-9-14/h1-7,12,14,16,22H,8-11,13H2,(H,23,26)(H,24,25). The lowest BCUT2D eigenvalue weighted by molar-refractivity contribution is 0.0952. The number of hydrogen-bond donors (Lipinski definition) is 3. The van der Waals surface area contributed by atoms with Gasteiger partial charge in [-0.05, 0) is 61.9 Å². The van der Waals surface area contributed by atoms with E-state index in [9.17, 15) is 18.0 Å². The number of amides is 2. The number of carbonyl (C=O) groups is 2. The molecule has 0 bridgehead atoms. The molecule has 2 saturated carbocycles. The Balaban J connectivity index is 1.49. The number of nitrogens with one attached hydrogen (secondary N) is 3. The zero-order chi connectivity index (χ0) is 20.4. The molecule has 0 aromatic heterocycles. The molecule has 0 radical (unpaired) electrons. The zero-order valence-corrected chi connectivity index (χ0v) is 16.7. The molecule has 2 aliphatic rings. The Kier molecular flexibility index (Phi) is 5.38. The monoisotopic (exact) mass is 413 g/mol. The summed E-state index contributed by atoms with van der Waals surface area (Å²) < 4.78 is 27.5. The van der Waals surface area contributed by atoms with Crippen LogP contribution in [0.1, 0.15) is 46.4 Å². The van der Waals surface area contributed by atoms with Crippen LogP contribution in [0.5, 0.6) is 0 Å². The average Bonchev–Trinajstić information content (AvgIpc) is 3.62. The van der Waals surface area contributed by atoms with E-state index >= 15 is 0 Å². The Morgan fingerprint density at radius 3 is 2.41 bits per heavy atom. The summed E-state index contributed by atoms with van der Waals surface area (Å²) in [6, 6.07) is 12.8. The summed E-state index contributed by atoms with van der Waals surface area (Å²) in [5, 5.41) is 5.63. The lowest BCUT2D eigenvalue weighted by atomic mass is 10.1. The van der Waals surface area contributed by atoms with Crippen molar-refractivity contribution in [1.82, 2.24) is 10.0 Å². The zero-order valence-electron chi connectivity index (χ0n) is 15.9. The fraction of sp³-hybridized carbons (Fsp3) is 0.333. The molecule has 29 heavy (non-hydrogen) atoms. The van der Waals surface area contributed by atoms with Gasteiger partial charge in [-0.15, -0.1) is 0 Å². The molecule has 2 aliphatic carbocycles. The van der Waals surface area contributed by atoms with Gasteiger partial charge in [0.05, 0.1) is 16.1 Å². The van der Waals surface area contributed by atoms with Crippen LogP contribution in [0.15, 0.2) is 53.4 Å². The van der Waals surface area contributed by atoms with Crippen molar-refractivity contribution in [3.05, 3.63) is 59.7 Å². The van der Waals surface area contributed by atoms with Crippen LogP contribution in [0.4, 0.5) is 5.69 Å². The summed E-state index contributed by atoms with van der Waals surface area (Å²) in [6.45, 7) is 0.419. The molecule has 2 amide bonds. The second-order valence-corrected chi connectivity index (χ2v) is 9.34. The molecule has 8 heteroatoms. The third kappa shape index (κ3) is 5.02. The van der Waals surface area contributed by atoms with Crippen molar-refractivity contribution < 1.29 is 18.0 Å². The molecule has 0 aliphatic heterocycles. The van der Waals surface area contributed by atoms with E-state index < -0.39 is 15.9 Å². The summed E-state index contributed by atoms with van der Waals surface area (Å²) >= 11 is 0. The van der Waals surface area contributed by atoms with Crippen molar-refractivity contribution in [1.29, 1.82) is 0 Å². The Morgan fingerprint density at radius 1 is 0.931 bits per heavy atom. The molecule has 2 fully saturated rings. The molecule has 0 unspecified atom stereocenters. The van der Waals surface area contributed by atoms with Gasteiger partial charge in [0.2, 0.25) is 10.0 Å². The second-order valence-electron chi connectivity index (χ2n) is 7.57. The topological polar surface area (TPSA) is 104 Å². The SMILES string of the molecule is O=C(Nc1ccccc1C(=O)NC1CC1)c1cccc(S(=O)(=O)NCC2CC2)c1. The van der Waals surface area contributed by atoms with Crippen molar-refractivity contribution in [3.8, 4) is 0 Å². The van der Waals surface area contributed by atoms with Crippen LogP contribution in [0.25, 0.3) is 0 Å². The minimum absolute atomic E-state index is 0.0468. The van der Waals surface area contributed by atoms with Crippen molar-refractivity contribution >= 4 is 27.5 Å². The first-order chi connectivity index (χ1) is 13.9. The molecule has 7 nitrogen and oxygen atoms in total. The van der Waals surface area contributed by atoms with Crippen molar-refractivity contribution in [2.45, 2.75) is 36.6 Å². The highest BCUT2D eigenvalue weighted by Gasteiger charge is 2.26. The largest absolute Gasteiger partial charge is 0.349 e. The smallest absolute Gasteiger partial charge is 0.255 e. The molecule has 0 heterocycles. The van der Waals surface area contributed by atoms with Gasteiger partial charge >= 0.3 is 0 Å². The number of carbonyl (C=O) groups excluding carboxylic acids is 2. The van der Waals surface area contributed by atoms with E-state index in [2.05, 4.69) is 15.4 Å². The maximum atomic E-state index is 12.7. The number of benzene rings is 2. The van der Waals surface area contributed by atoms with Crippen LogP contribution < -0.4 is 15.4 Å². The fourth-order valence-corrected chi connectivity index (χ4v) is 4.07. The summed E-state index contributed by atoms with van der Waals surface area (Å²) in [5.74, 6) is -0.297. The predicted octanol–water partition coefficient (Wildman–Crippen LogP) is 2.52. The number of para-hydroxylation sites is 1. The van der Waals surface area contributed by atoms with Crippen molar-refractivity contribution in [2.75, 3.05) is 11.9 Å². The summed E-state index contributed by atoms with van der Waals surface area (Å²) in [5.41, 5.74) is 0.968. The first-order valence-corrected chi connectivity index (χ1v) is 11.2. The van der Waals surface area contributed by atoms with Crippen LogP contribution in [0.2, 0.25) is 0 Å². The van der Waals surface area contributed by atoms with E-state index in [1.165, 1.54) is 18.2 Å². The van der Waals surface area contributed by atoms with E-state index in [0.717, 1.165) is 25.7 Å². The Morgan fingerprint density at radius 2 is 1.69 bits per heavy atom. The van der Waals surface area contributed by atoms with Crippen LogP contribution in [-0.2, 0) is 10.0 Å². The van der Waals surface area contributed by atoms with E-state index in [4.69, 9.17) is 0 Å². The van der Waals surface area contributed by atoms with Crippen molar-refractivity contribution in [2.24, 2.45) is 5.92 Å². The first-order valence-electron chi connectivity index (χ1n) is 9.73. The highest BCUT2D eigenvalue weighted by Crippen LogP contribution is 2.28. The van der Waals surface area contributed by atoms with E-state index in [1.807, 2.05) is 0 Å². The van der Waals surface area contributed by atoms with Gasteiger partial charge in [0, 0.05) is 18.2 Å². The lowest BCUT2D eigenvalue weighted by Gasteiger charge is -2.12. The van der Waals surface area contributed by atoms with E-state index in [0.29, 0.717) is 23.7 Å². The molecular weight excluding hydrogens is 390 g/mol. The Labute approximate surface area is 169 Å². The molecular formula is C21H23N3O4S. The maximum absolute atomic E-state index is 12.7. The van der Waals surface area contributed by atoms with E-state index in [-0.39, 0.29) is 22.4 Å².